The smallest absolute Gasteiger partial charge is 0.317 e. The summed E-state index contributed by atoms with van der Waals surface area (Å²) in [7, 11) is 0. The van der Waals surface area contributed by atoms with Gasteiger partial charge in [0.1, 0.15) is 6.10 Å². The van der Waals surface area contributed by atoms with E-state index >= 15 is 0 Å². The number of aryl methyl sites for hydroxylation is 2. The fourth-order valence-electron chi connectivity index (χ4n) is 3.67. The summed E-state index contributed by atoms with van der Waals surface area (Å²) in [6.07, 6.45) is 4.91. The Morgan fingerprint density at radius 1 is 1.30 bits per heavy atom. The van der Waals surface area contributed by atoms with E-state index in [2.05, 4.69) is 34.2 Å². The van der Waals surface area contributed by atoms with Crippen molar-refractivity contribution in [3.05, 3.63) is 35.4 Å². The van der Waals surface area contributed by atoms with E-state index in [0.29, 0.717) is 19.1 Å². The first kappa shape index (κ1) is 19.1. The van der Waals surface area contributed by atoms with Crippen LogP contribution >= 0.6 is 0 Å². The summed E-state index contributed by atoms with van der Waals surface area (Å²) in [6.45, 7) is 10.3. The molecule has 27 heavy (non-hydrogen) atoms. The highest BCUT2D eigenvalue weighted by Crippen LogP contribution is 2.22. The average Bonchev–Trinajstić information content (AvgIpc) is 2.96. The van der Waals surface area contributed by atoms with Gasteiger partial charge in [0.2, 0.25) is 0 Å². The lowest BCUT2D eigenvalue weighted by molar-refractivity contribution is 0.102. The summed E-state index contributed by atoms with van der Waals surface area (Å²) in [5.41, 5.74) is 3.18. The molecular formula is C19H28N6O2. The van der Waals surface area contributed by atoms with Crippen molar-refractivity contribution in [1.82, 2.24) is 30.0 Å². The number of amides is 2. The van der Waals surface area contributed by atoms with Crippen LogP contribution in [0, 0.1) is 13.8 Å². The van der Waals surface area contributed by atoms with Gasteiger partial charge in [-0.25, -0.2) is 14.8 Å². The number of nitrogens with zero attached hydrogens (tertiary/aromatic N) is 5. The van der Waals surface area contributed by atoms with Gasteiger partial charge in [0.15, 0.2) is 0 Å². The van der Waals surface area contributed by atoms with Crippen LogP contribution in [0.25, 0.3) is 0 Å². The number of ether oxygens (including phenoxy) is 1. The first-order valence-electron chi connectivity index (χ1n) is 9.52. The van der Waals surface area contributed by atoms with Crippen molar-refractivity contribution in [2.24, 2.45) is 0 Å². The Kier molecular flexibility index (Phi) is 5.93. The van der Waals surface area contributed by atoms with E-state index in [1.165, 1.54) is 0 Å². The molecule has 0 radical (unpaired) electrons. The maximum atomic E-state index is 12.7. The van der Waals surface area contributed by atoms with Crippen LogP contribution in [0.15, 0.2) is 18.5 Å². The summed E-state index contributed by atoms with van der Waals surface area (Å²) in [4.78, 5) is 22.7. The van der Waals surface area contributed by atoms with Crippen molar-refractivity contribution < 1.29 is 9.53 Å². The van der Waals surface area contributed by atoms with Gasteiger partial charge in [-0.2, -0.15) is 5.10 Å². The molecule has 1 atom stereocenters. The van der Waals surface area contributed by atoms with Gasteiger partial charge < -0.3 is 15.0 Å². The van der Waals surface area contributed by atoms with Crippen LogP contribution < -0.4 is 10.1 Å². The zero-order valence-corrected chi connectivity index (χ0v) is 16.5. The van der Waals surface area contributed by atoms with Gasteiger partial charge in [0.25, 0.3) is 0 Å². The highest BCUT2D eigenvalue weighted by Gasteiger charge is 2.26. The lowest BCUT2D eigenvalue weighted by atomic mass is 10.1. The topological polar surface area (TPSA) is 85.2 Å². The molecule has 1 aliphatic heterocycles. The monoisotopic (exact) mass is 372 g/mol. The second-order valence-corrected chi connectivity index (χ2v) is 6.91. The van der Waals surface area contributed by atoms with E-state index < -0.39 is 0 Å². The molecule has 146 valence electrons. The van der Waals surface area contributed by atoms with Gasteiger partial charge in [-0.3, -0.25) is 4.68 Å². The number of carbonyl (C=O) groups is 1. The highest BCUT2D eigenvalue weighted by molar-refractivity contribution is 5.74. The summed E-state index contributed by atoms with van der Waals surface area (Å²) >= 11 is 0. The molecule has 0 saturated carbocycles. The van der Waals surface area contributed by atoms with Crippen LogP contribution in [0.2, 0.25) is 0 Å². The molecule has 2 amide bonds. The van der Waals surface area contributed by atoms with Crippen molar-refractivity contribution >= 4 is 6.03 Å². The Bertz CT molecular complexity index is 768. The van der Waals surface area contributed by atoms with E-state index in [9.17, 15) is 4.79 Å². The van der Waals surface area contributed by atoms with E-state index in [-0.39, 0.29) is 18.2 Å². The summed E-state index contributed by atoms with van der Waals surface area (Å²) in [6, 6.07) is 2.03. The molecule has 3 rings (SSSR count). The molecule has 8 nitrogen and oxygen atoms in total. The number of aromatic nitrogens is 4. The lowest BCUT2D eigenvalue weighted by Crippen LogP contribution is -2.47. The van der Waals surface area contributed by atoms with Gasteiger partial charge in [-0.1, -0.05) is 0 Å². The summed E-state index contributed by atoms with van der Waals surface area (Å²) in [5.74, 6) is 0. The van der Waals surface area contributed by atoms with E-state index in [0.717, 1.165) is 36.3 Å². The van der Waals surface area contributed by atoms with Crippen molar-refractivity contribution in [3.8, 4) is 6.01 Å². The van der Waals surface area contributed by atoms with Crippen LogP contribution in [0.3, 0.4) is 0 Å². The summed E-state index contributed by atoms with van der Waals surface area (Å²) in [5, 5.41) is 7.66. The Hall–Kier alpha value is -2.64. The zero-order chi connectivity index (χ0) is 19.4. The standard InChI is InChI=1S/C19H28N6O2/c1-5-25-15(4)17(14(3)23-25)13(2)22-19(26)24-11-7-16(8-12-24)27-18-20-9-6-10-21-18/h6,9-10,13,16H,5,7-8,11-12H2,1-4H3,(H,22,26). The molecule has 2 aromatic rings. The van der Waals surface area contributed by atoms with Crippen molar-refractivity contribution in [2.75, 3.05) is 13.1 Å². The van der Waals surface area contributed by atoms with Crippen LogP contribution in [0.5, 0.6) is 6.01 Å². The van der Waals surface area contributed by atoms with Crippen LogP contribution in [0.1, 0.15) is 49.7 Å². The molecule has 0 aliphatic carbocycles. The fraction of sp³-hybridized carbons (Fsp3) is 0.579. The number of carbonyl (C=O) groups excluding carboxylic acids is 1. The molecule has 1 saturated heterocycles. The van der Waals surface area contributed by atoms with Crippen LogP contribution in [-0.2, 0) is 6.54 Å². The quantitative estimate of drug-likeness (QED) is 0.872. The minimum absolute atomic E-state index is 0.0417. The Labute approximate surface area is 159 Å². The Morgan fingerprint density at radius 2 is 1.96 bits per heavy atom. The molecule has 1 unspecified atom stereocenters. The van der Waals surface area contributed by atoms with Gasteiger partial charge in [-0.05, 0) is 33.8 Å². The molecule has 1 aliphatic rings. The third-order valence-corrected chi connectivity index (χ3v) is 5.05. The zero-order valence-electron chi connectivity index (χ0n) is 16.5. The van der Waals surface area contributed by atoms with E-state index in [1.54, 1.807) is 18.5 Å². The molecule has 0 spiro atoms. The molecule has 1 N–H and O–H groups in total. The van der Waals surface area contributed by atoms with Crippen LogP contribution in [0.4, 0.5) is 4.79 Å². The average molecular weight is 372 g/mol. The Morgan fingerprint density at radius 3 is 2.56 bits per heavy atom. The van der Waals surface area contributed by atoms with Gasteiger partial charge >= 0.3 is 12.0 Å². The normalized spacial score (nSPS) is 16.2. The minimum Gasteiger partial charge on any atom is -0.460 e. The number of likely N-dealkylation sites (tertiary alicyclic amines) is 1. The molecule has 0 aromatic carbocycles. The first-order valence-corrected chi connectivity index (χ1v) is 9.52. The summed E-state index contributed by atoms with van der Waals surface area (Å²) < 4.78 is 7.76. The predicted octanol–water partition coefficient (Wildman–Crippen LogP) is 2.62. The molecule has 1 fully saturated rings. The molecule has 8 heteroatoms. The maximum Gasteiger partial charge on any atom is 0.317 e. The molecule has 3 heterocycles. The fourth-order valence-corrected chi connectivity index (χ4v) is 3.67. The third kappa shape index (κ3) is 4.37. The predicted molar refractivity (Wildman–Crippen MR) is 102 cm³/mol. The number of piperidine rings is 1. The third-order valence-electron chi connectivity index (χ3n) is 5.05. The molecular weight excluding hydrogens is 344 g/mol. The largest absolute Gasteiger partial charge is 0.460 e. The van der Waals surface area contributed by atoms with Gasteiger partial charge in [0.05, 0.1) is 11.7 Å². The van der Waals surface area contributed by atoms with E-state index in [1.807, 2.05) is 23.4 Å². The van der Waals surface area contributed by atoms with Crippen molar-refractivity contribution in [3.63, 3.8) is 0 Å². The number of rotatable bonds is 5. The highest BCUT2D eigenvalue weighted by atomic mass is 16.5. The molecule has 0 bridgehead atoms. The number of hydrogen-bond acceptors (Lipinski definition) is 5. The van der Waals surface area contributed by atoms with Crippen molar-refractivity contribution in [2.45, 2.75) is 59.2 Å². The van der Waals surface area contributed by atoms with Gasteiger partial charge in [-0.15, -0.1) is 0 Å². The SMILES string of the molecule is CCn1nc(C)c(C(C)NC(=O)N2CCC(Oc3ncccn3)CC2)c1C. The maximum absolute atomic E-state index is 12.7. The Balaban J connectivity index is 1.53. The first-order chi connectivity index (χ1) is 13.0. The minimum atomic E-state index is -0.0792. The van der Waals surface area contributed by atoms with Crippen LogP contribution in [-0.4, -0.2) is 49.9 Å². The second kappa shape index (κ2) is 8.37. The number of urea groups is 1. The van der Waals surface area contributed by atoms with Gasteiger partial charge in [0, 0.05) is 56.1 Å². The molecule has 2 aromatic heterocycles. The lowest BCUT2D eigenvalue weighted by Gasteiger charge is -2.32. The number of nitrogens with one attached hydrogen (secondary N) is 1. The van der Waals surface area contributed by atoms with E-state index in [4.69, 9.17) is 4.74 Å². The second-order valence-electron chi connectivity index (χ2n) is 6.91. The number of hydrogen-bond donors (Lipinski definition) is 1. The van der Waals surface area contributed by atoms with Crippen molar-refractivity contribution in [1.29, 1.82) is 0 Å².